The highest BCUT2D eigenvalue weighted by Gasteiger charge is 2.33. The fourth-order valence-electron chi connectivity index (χ4n) is 3.40. The number of nitrogens with zero attached hydrogens (tertiary/aromatic N) is 2. The summed E-state index contributed by atoms with van der Waals surface area (Å²) in [5, 5.41) is 3.43. The Hall–Kier alpha value is -2.09. The van der Waals surface area contributed by atoms with E-state index in [1.165, 1.54) is 6.07 Å². The zero-order chi connectivity index (χ0) is 19.9. The van der Waals surface area contributed by atoms with Crippen molar-refractivity contribution in [3.63, 3.8) is 0 Å². The fraction of sp³-hybridized carbons (Fsp3) is 0.263. The Morgan fingerprint density at radius 2 is 1.82 bits per heavy atom. The summed E-state index contributed by atoms with van der Waals surface area (Å²) in [6, 6.07) is 9.44. The minimum Gasteiger partial charge on any atom is -0.328 e. The predicted octanol–water partition coefficient (Wildman–Crippen LogP) is 4.73. The molecule has 1 N–H and O–H groups in total. The summed E-state index contributed by atoms with van der Waals surface area (Å²) in [5.74, 6) is 0.0374. The largest absolute Gasteiger partial charge is 0.328 e. The van der Waals surface area contributed by atoms with Crippen LogP contribution in [0.2, 0.25) is 10.0 Å². The third-order valence-electron chi connectivity index (χ3n) is 4.78. The van der Waals surface area contributed by atoms with Crippen LogP contribution in [0.25, 0.3) is 0 Å². The quantitative estimate of drug-likeness (QED) is 0.736. The molecule has 28 heavy (non-hydrogen) atoms. The molecule has 1 fully saturated rings. The Kier molecular flexibility index (Phi) is 5.07. The number of halogens is 2. The summed E-state index contributed by atoms with van der Waals surface area (Å²) < 4.78 is 29.4. The van der Waals surface area contributed by atoms with Crippen LogP contribution in [0.1, 0.15) is 36.0 Å². The maximum Gasteiger partial charge on any atom is 0.286 e. The van der Waals surface area contributed by atoms with Crippen molar-refractivity contribution in [3.8, 4) is 0 Å². The van der Waals surface area contributed by atoms with Gasteiger partial charge in [0.25, 0.3) is 15.9 Å². The first kappa shape index (κ1) is 19.2. The van der Waals surface area contributed by atoms with Crippen LogP contribution in [0.15, 0.2) is 45.7 Å². The molecule has 0 aromatic heterocycles. The van der Waals surface area contributed by atoms with Gasteiger partial charge in [-0.1, -0.05) is 29.6 Å². The van der Waals surface area contributed by atoms with E-state index in [0.717, 1.165) is 19.3 Å². The van der Waals surface area contributed by atoms with Gasteiger partial charge in [0.2, 0.25) is 0 Å². The van der Waals surface area contributed by atoms with E-state index in [9.17, 15) is 13.2 Å². The maximum atomic E-state index is 12.7. The maximum absolute atomic E-state index is 12.7. The minimum absolute atomic E-state index is 0.00352. The number of carbonyl (C=O) groups excluding carboxylic acids is 1. The van der Waals surface area contributed by atoms with Crippen LogP contribution in [0.3, 0.4) is 0 Å². The molecule has 2 aromatic carbocycles. The smallest absolute Gasteiger partial charge is 0.286 e. The number of benzene rings is 2. The van der Waals surface area contributed by atoms with E-state index in [1.807, 2.05) is 4.90 Å². The van der Waals surface area contributed by atoms with Gasteiger partial charge in [0.15, 0.2) is 0 Å². The van der Waals surface area contributed by atoms with E-state index < -0.39 is 15.9 Å². The lowest BCUT2D eigenvalue weighted by molar-refractivity contribution is 0.102. The molecule has 4 rings (SSSR count). The van der Waals surface area contributed by atoms with Gasteiger partial charge in [0, 0.05) is 23.7 Å². The Morgan fingerprint density at radius 3 is 2.57 bits per heavy atom. The number of amidine groups is 1. The van der Waals surface area contributed by atoms with Crippen LogP contribution < -0.4 is 10.2 Å². The van der Waals surface area contributed by atoms with Gasteiger partial charge >= 0.3 is 0 Å². The molecule has 2 aromatic rings. The summed E-state index contributed by atoms with van der Waals surface area (Å²) in [6.07, 6.45) is 3.46. The summed E-state index contributed by atoms with van der Waals surface area (Å²) in [7, 11) is -3.89. The average molecular weight is 438 g/mol. The van der Waals surface area contributed by atoms with E-state index in [-0.39, 0.29) is 15.5 Å². The topological polar surface area (TPSA) is 78.8 Å². The summed E-state index contributed by atoms with van der Waals surface area (Å²) in [5.41, 5.74) is 1.09. The zero-order valence-electron chi connectivity index (χ0n) is 14.8. The Morgan fingerprint density at radius 1 is 1.07 bits per heavy atom. The highest BCUT2D eigenvalue weighted by atomic mass is 35.5. The predicted molar refractivity (Wildman–Crippen MR) is 111 cm³/mol. The number of rotatable bonds is 2. The van der Waals surface area contributed by atoms with Gasteiger partial charge in [-0.2, -0.15) is 8.42 Å². The van der Waals surface area contributed by atoms with Crippen molar-refractivity contribution in [2.24, 2.45) is 4.40 Å². The van der Waals surface area contributed by atoms with Crippen LogP contribution in [-0.2, 0) is 10.0 Å². The third kappa shape index (κ3) is 3.62. The van der Waals surface area contributed by atoms with E-state index in [1.54, 1.807) is 30.3 Å². The van der Waals surface area contributed by atoms with Gasteiger partial charge < -0.3 is 10.2 Å². The molecule has 0 unspecified atom stereocenters. The van der Waals surface area contributed by atoms with Gasteiger partial charge in [0.1, 0.15) is 10.7 Å². The van der Waals surface area contributed by atoms with Crippen LogP contribution in [0.4, 0.5) is 11.4 Å². The standard InChI is InChI=1S/C19H17Cl2N3O3S/c20-12-5-7-13(8-6-12)22-19(25)14-10-17-16(11-15(14)21)24-9-3-1-2-4-18(24)23-28(17,26)27/h5-8,10-11H,1-4,9H2,(H,22,25). The van der Waals surface area contributed by atoms with E-state index >= 15 is 0 Å². The molecular formula is C19H17Cl2N3O3S. The molecule has 6 nitrogen and oxygen atoms in total. The second-order valence-corrected chi connectivity index (χ2v) is 9.12. The number of fused-ring (bicyclic) bond motifs is 3. The number of amides is 1. The van der Waals surface area contributed by atoms with Crippen molar-refractivity contribution in [2.45, 2.75) is 30.6 Å². The lowest BCUT2D eigenvalue weighted by Gasteiger charge is -2.30. The van der Waals surface area contributed by atoms with Gasteiger partial charge in [-0.3, -0.25) is 4.79 Å². The first-order valence-corrected chi connectivity index (χ1v) is 11.1. The van der Waals surface area contributed by atoms with E-state index in [0.29, 0.717) is 35.2 Å². The molecule has 0 aliphatic carbocycles. The van der Waals surface area contributed by atoms with Gasteiger partial charge in [-0.05, 0) is 49.2 Å². The Balaban J connectivity index is 1.73. The van der Waals surface area contributed by atoms with Gasteiger partial charge in [0.05, 0.1) is 16.3 Å². The average Bonchev–Trinajstić information content (AvgIpc) is 2.88. The summed E-state index contributed by atoms with van der Waals surface area (Å²) in [4.78, 5) is 14.6. The number of anilines is 2. The van der Waals surface area contributed by atoms with Crippen LogP contribution in [-0.4, -0.2) is 26.7 Å². The normalized spacial score (nSPS) is 17.8. The molecule has 2 aliphatic rings. The van der Waals surface area contributed by atoms with Crippen LogP contribution >= 0.6 is 23.2 Å². The van der Waals surface area contributed by atoms with E-state index in [4.69, 9.17) is 23.2 Å². The first-order chi connectivity index (χ1) is 13.3. The third-order valence-corrected chi connectivity index (χ3v) is 6.68. The van der Waals surface area contributed by atoms with Crippen LogP contribution in [0, 0.1) is 0 Å². The van der Waals surface area contributed by atoms with Crippen molar-refractivity contribution in [1.29, 1.82) is 0 Å². The second kappa shape index (κ2) is 7.39. The number of sulfonamides is 1. The Labute approximate surface area is 173 Å². The molecule has 1 amide bonds. The van der Waals surface area contributed by atoms with Gasteiger partial charge in [-0.15, -0.1) is 4.40 Å². The first-order valence-electron chi connectivity index (χ1n) is 8.87. The molecule has 0 spiro atoms. The zero-order valence-corrected chi connectivity index (χ0v) is 17.1. The molecule has 1 saturated heterocycles. The lowest BCUT2D eigenvalue weighted by atomic mass is 10.1. The molecule has 0 radical (unpaired) electrons. The molecular weight excluding hydrogens is 421 g/mol. The van der Waals surface area contributed by atoms with Crippen molar-refractivity contribution < 1.29 is 13.2 Å². The summed E-state index contributed by atoms with van der Waals surface area (Å²) in [6.45, 7) is 0.675. The molecule has 2 aliphatic heterocycles. The second-order valence-electron chi connectivity index (χ2n) is 6.71. The highest BCUT2D eigenvalue weighted by Crippen LogP contribution is 2.38. The highest BCUT2D eigenvalue weighted by molar-refractivity contribution is 7.90. The van der Waals surface area contributed by atoms with Crippen molar-refractivity contribution in [1.82, 2.24) is 0 Å². The van der Waals surface area contributed by atoms with Crippen LogP contribution in [0.5, 0.6) is 0 Å². The number of nitrogens with one attached hydrogen (secondary N) is 1. The molecule has 0 bridgehead atoms. The molecule has 146 valence electrons. The summed E-state index contributed by atoms with van der Waals surface area (Å²) >= 11 is 12.2. The molecule has 0 saturated carbocycles. The fourth-order valence-corrected chi connectivity index (χ4v) is 5.04. The monoisotopic (exact) mass is 437 g/mol. The number of carbonyl (C=O) groups is 1. The lowest BCUT2D eigenvalue weighted by Crippen LogP contribution is -2.35. The van der Waals surface area contributed by atoms with Crippen molar-refractivity contribution >= 4 is 56.3 Å². The van der Waals surface area contributed by atoms with Crippen molar-refractivity contribution in [3.05, 3.63) is 52.0 Å². The molecule has 0 atom stereocenters. The molecule has 2 heterocycles. The number of hydrogen-bond acceptors (Lipinski definition) is 4. The van der Waals surface area contributed by atoms with Crippen molar-refractivity contribution in [2.75, 3.05) is 16.8 Å². The number of hydrogen-bond donors (Lipinski definition) is 1. The minimum atomic E-state index is -3.89. The SMILES string of the molecule is O=C(Nc1ccc(Cl)cc1)c1cc2c(cc1Cl)N1CCCCCC1=NS2(=O)=O. The molecule has 9 heteroatoms. The van der Waals surface area contributed by atoms with E-state index in [2.05, 4.69) is 9.71 Å². The van der Waals surface area contributed by atoms with Gasteiger partial charge in [-0.25, -0.2) is 0 Å². The Bertz CT molecular complexity index is 1080.